The first-order valence-corrected chi connectivity index (χ1v) is 9.84. The minimum atomic E-state index is -3.51. The van der Waals surface area contributed by atoms with E-state index in [4.69, 9.17) is 0 Å². The Balaban J connectivity index is 2.09. The van der Waals surface area contributed by atoms with Crippen molar-refractivity contribution in [3.05, 3.63) is 24.3 Å². The number of hydrogen-bond acceptors (Lipinski definition) is 4. The van der Waals surface area contributed by atoms with Crippen molar-refractivity contribution in [3.63, 3.8) is 0 Å². The summed E-state index contributed by atoms with van der Waals surface area (Å²) in [6.07, 6.45) is 4.67. The molecule has 2 rings (SSSR count). The SMILES string of the molecule is CC(C(=O)Nc1cccc(S(=O)(=O)N(C)C)c1)N1CCCCCC1. The molecule has 6 nitrogen and oxygen atoms in total. The number of sulfonamides is 1. The quantitative estimate of drug-likeness (QED) is 0.880. The monoisotopic (exact) mass is 353 g/mol. The van der Waals surface area contributed by atoms with Crippen LogP contribution >= 0.6 is 0 Å². The van der Waals surface area contributed by atoms with Crippen LogP contribution in [0.15, 0.2) is 29.2 Å². The molecule has 1 aliphatic heterocycles. The molecule has 0 spiro atoms. The first-order valence-electron chi connectivity index (χ1n) is 8.40. The van der Waals surface area contributed by atoms with Gasteiger partial charge in [-0.1, -0.05) is 18.9 Å². The second kappa shape index (κ2) is 8.09. The van der Waals surface area contributed by atoms with E-state index in [1.165, 1.54) is 39.1 Å². The zero-order chi connectivity index (χ0) is 17.7. The fourth-order valence-electron chi connectivity index (χ4n) is 2.84. The highest BCUT2D eigenvalue weighted by Crippen LogP contribution is 2.19. The third-order valence-corrected chi connectivity index (χ3v) is 6.26. The highest BCUT2D eigenvalue weighted by molar-refractivity contribution is 7.89. The average molecular weight is 353 g/mol. The molecule has 0 aromatic heterocycles. The van der Waals surface area contributed by atoms with Crippen LogP contribution in [0.25, 0.3) is 0 Å². The molecular formula is C17H27N3O3S. The van der Waals surface area contributed by atoms with Gasteiger partial charge in [0.25, 0.3) is 0 Å². The number of anilines is 1. The van der Waals surface area contributed by atoms with E-state index in [0.29, 0.717) is 5.69 Å². The lowest BCUT2D eigenvalue weighted by Crippen LogP contribution is -2.42. The lowest BCUT2D eigenvalue weighted by atomic mass is 10.2. The summed E-state index contributed by atoms with van der Waals surface area (Å²) in [6, 6.07) is 6.16. The highest BCUT2D eigenvalue weighted by Gasteiger charge is 2.23. The molecule has 1 heterocycles. The molecule has 24 heavy (non-hydrogen) atoms. The van der Waals surface area contributed by atoms with Crippen LogP contribution in [-0.4, -0.2) is 56.8 Å². The maximum atomic E-state index is 12.5. The summed E-state index contributed by atoms with van der Waals surface area (Å²) < 4.78 is 25.5. The smallest absolute Gasteiger partial charge is 0.242 e. The molecule has 1 saturated heterocycles. The summed E-state index contributed by atoms with van der Waals surface area (Å²) in [6.45, 7) is 3.77. The number of carbonyl (C=O) groups excluding carboxylic acids is 1. The van der Waals surface area contributed by atoms with Crippen LogP contribution in [0.4, 0.5) is 5.69 Å². The summed E-state index contributed by atoms with van der Waals surface area (Å²) in [5, 5.41) is 2.85. The zero-order valence-corrected chi connectivity index (χ0v) is 15.5. The number of hydrogen-bond donors (Lipinski definition) is 1. The second-order valence-corrected chi connectivity index (χ2v) is 8.58. The first-order chi connectivity index (χ1) is 11.3. The molecule has 1 aromatic carbocycles. The van der Waals surface area contributed by atoms with Gasteiger partial charge in [0.15, 0.2) is 0 Å². The van der Waals surface area contributed by atoms with E-state index in [-0.39, 0.29) is 16.8 Å². The average Bonchev–Trinajstić information content (AvgIpc) is 2.83. The molecule has 1 aromatic rings. The van der Waals surface area contributed by atoms with E-state index in [1.807, 2.05) is 6.92 Å². The fraction of sp³-hybridized carbons (Fsp3) is 0.588. The van der Waals surface area contributed by atoms with E-state index < -0.39 is 10.0 Å². The Bertz CT molecular complexity index is 665. The van der Waals surface area contributed by atoms with Crippen molar-refractivity contribution in [1.29, 1.82) is 0 Å². The summed E-state index contributed by atoms with van der Waals surface area (Å²) >= 11 is 0. The molecule has 1 aliphatic rings. The van der Waals surface area contributed by atoms with Crippen molar-refractivity contribution in [2.45, 2.75) is 43.5 Å². The van der Waals surface area contributed by atoms with Crippen molar-refractivity contribution in [2.75, 3.05) is 32.5 Å². The second-order valence-electron chi connectivity index (χ2n) is 6.43. The van der Waals surface area contributed by atoms with Gasteiger partial charge < -0.3 is 5.32 Å². The van der Waals surface area contributed by atoms with E-state index in [1.54, 1.807) is 12.1 Å². The lowest BCUT2D eigenvalue weighted by molar-refractivity contribution is -0.120. The van der Waals surface area contributed by atoms with Crippen LogP contribution in [0.2, 0.25) is 0 Å². The number of carbonyl (C=O) groups is 1. The van der Waals surface area contributed by atoms with Crippen LogP contribution < -0.4 is 5.32 Å². The van der Waals surface area contributed by atoms with Gasteiger partial charge in [0.05, 0.1) is 10.9 Å². The van der Waals surface area contributed by atoms with Crippen LogP contribution in [0, 0.1) is 0 Å². The number of nitrogens with one attached hydrogen (secondary N) is 1. The van der Waals surface area contributed by atoms with E-state index >= 15 is 0 Å². The highest BCUT2D eigenvalue weighted by atomic mass is 32.2. The lowest BCUT2D eigenvalue weighted by Gasteiger charge is -2.26. The van der Waals surface area contributed by atoms with Gasteiger partial charge in [-0.15, -0.1) is 0 Å². The van der Waals surface area contributed by atoms with Crippen molar-refractivity contribution >= 4 is 21.6 Å². The molecule has 1 N–H and O–H groups in total. The van der Waals surface area contributed by atoms with Crippen molar-refractivity contribution < 1.29 is 13.2 Å². The van der Waals surface area contributed by atoms with Crippen molar-refractivity contribution in [3.8, 4) is 0 Å². The van der Waals surface area contributed by atoms with Crippen molar-refractivity contribution in [1.82, 2.24) is 9.21 Å². The predicted molar refractivity (Wildman–Crippen MR) is 95.4 cm³/mol. The maximum absolute atomic E-state index is 12.5. The molecule has 1 fully saturated rings. The Labute approximate surface area is 144 Å². The predicted octanol–water partition coefficient (Wildman–Crippen LogP) is 2.14. The molecule has 0 bridgehead atoms. The topological polar surface area (TPSA) is 69.7 Å². The number of likely N-dealkylation sites (tertiary alicyclic amines) is 1. The zero-order valence-electron chi connectivity index (χ0n) is 14.7. The molecule has 0 saturated carbocycles. The first kappa shape index (κ1) is 18.9. The standard InChI is InChI=1S/C17H27N3O3S/c1-14(20-11-6-4-5-7-12-20)17(21)18-15-9-8-10-16(13-15)24(22,23)19(2)3/h8-10,13-14H,4-7,11-12H2,1-3H3,(H,18,21). The summed E-state index contributed by atoms with van der Waals surface area (Å²) in [7, 11) is -0.533. The van der Waals surface area contributed by atoms with Gasteiger partial charge >= 0.3 is 0 Å². The summed E-state index contributed by atoms with van der Waals surface area (Å²) in [5.41, 5.74) is 0.504. The van der Waals surface area contributed by atoms with Crippen LogP contribution in [0.1, 0.15) is 32.6 Å². The molecule has 1 unspecified atom stereocenters. The van der Waals surface area contributed by atoms with E-state index in [2.05, 4.69) is 10.2 Å². The number of benzene rings is 1. The largest absolute Gasteiger partial charge is 0.325 e. The maximum Gasteiger partial charge on any atom is 0.242 e. The summed E-state index contributed by atoms with van der Waals surface area (Å²) in [5.74, 6) is -0.101. The minimum Gasteiger partial charge on any atom is -0.325 e. The fourth-order valence-corrected chi connectivity index (χ4v) is 3.79. The van der Waals surface area contributed by atoms with Gasteiger partial charge in [0, 0.05) is 19.8 Å². The molecule has 1 atom stereocenters. The molecule has 1 amide bonds. The van der Waals surface area contributed by atoms with Gasteiger partial charge in [0.2, 0.25) is 15.9 Å². The summed E-state index contributed by atoms with van der Waals surface area (Å²) in [4.78, 5) is 14.9. The van der Waals surface area contributed by atoms with E-state index in [9.17, 15) is 13.2 Å². The molecule has 0 radical (unpaired) electrons. The van der Waals surface area contributed by atoms with Gasteiger partial charge in [-0.2, -0.15) is 0 Å². The van der Waals surface area contributed by atoms with E-state index in [0.717, 1.165) is 30.2 Å². The third kappa shape index (κ3) is 4.55. The normalized spacial score (nSPS) is 18.2. The Morgan fingerprint density at radius 2 is 1.79 bits per heavy atom. The van der Waals surface area contributed by atoms with Gasteiger partial charge in [0.1, 0.15) is 0 Å². The number of rotatable bonds is 5. The molecule has 7 heteroatoms. The molecule has 0 aliphatic carbocycles. The Kier molecular flexibility index (Phi) is 6.37. The number of amides is 1. The Morgan fingerprint density at radius 3 is 2.38 bits per heavy atom. The van der Waals surface area contributed by atoms with Crippen molar-refractivity contribution in [2.24, 2.45) is 0 Å². The van der Waals surface area contributed by atoms with Gasteiger partial charge in [-0.3, -0.25) is 9.69 Å². The molecule has 134 valence electrons. The van der Waals surface area contributed by atoms with Crippen LogP contribution in [-0.2, 0) is 14.8 Å². The van der Waals surface area contributed by atoms with Gasteiger partial charge in [-0.05, 0) is 51.1 Å². The third-order valence-electron chi connectivity index (χ3n) is 4.45. The minimum absolute atomic E-state index is 0.101. The van der Waals surface area contributed by atoms with Gasteiger partial charge in [-0.25, -0.2) is 12.7 Å². The number of nitrogens with zero attached hydrogens (tertiary/aromatic N) is 2. The Hall–Kier alpha value is -1.44. The van der Waals surface area contributed by atoms with Crippen LogP contribution in [0.3, 0.4) is 0 Å². The molecular weight excluding hydrogens is 326 g/mol. The Morgan fingerprint density at radius 1 is 1.17 bits per heavy atom. The van der Waals surface area contributed by atoms with Crippen LogP contribution in [0.5, 0.6) is 0 Å².